The van der Waals surface area contributed by atoms with Crippen LogP contribution < -0.4 is 18.9 Å². The highest BCUT2D eigenvalue weighted by Crippen LogP contribution is 2.32. The number of rotatable bonds is 34. The molecule has 5 aromatic carbocycles. The Kier molecular flexibility index (Phi) is 24.8. The largest absolute Gasteiger partial charge is 0.494 e. The van der Waals surface area contributed by atoms with Gasteiger partial charge in [-0.25, -0.2) is 0 Å². The molecule has 0 aromatic heterocycles. The maximum absolute atomic E-state index is 6.16. The number of hydrogen-bond donors (Lipinski definition) is 0. The summed E-state index contributed by atoms with van der Waals surface area (Å²) in [5.74, 6) is 3.68. The quantitative estimate of drug-likeness (QED) is 0.0305. The van der Waals surface area contributed by atoms with E-state index in [4.69, 9.17) is 18.9 Å². The molecule has 0 aliphatic heterocycles. The summed E-state index contributed by atoms with van der Waals surface area (Å²) in [4.78, 5) is 0. The molecule has 0 atom stereocenters. The number of hydrogen-bond acceptors (Lipinski definition) is 4. The highest BCUT2D eigenvalue weighted by molar-refractivity contribution is 5.93. The van der Waals surface area contributed by atoms with Gasteiger partial charge in [0.2, 0.25) is 0 Å². The zero-order chi connectivity index (χ0) is 46.3. The van der Waals surface area contributed by atoms with Crippen LogP contribution in [0.2, 0.25) is 0 Å². The van der Waals surface area contributed by atoms with E-state index in [0.717, 1.165) is 120 Å². The first-order chi connectivity index (χ1) is 32.6. The van der Waals surface area contributed by atoms with E-state index in [0.29, 0.717) is 0 Å². The number of ether oxygens (including phenoxy) is 4. The van der Waals surface area contributed by atoms with Crippen molar-refractivity contribution in [2.24, 2.45) is 0 Å². The van der Waals surface area contributed by atoms with E-state index in [1.165, 1.54) is 103 Å². The maximum Gasteiger partial charge on any atom is 0.119 e. The Morgan fingerprint density at radius 3 is 0.697 bits per heavy atom. The summed E-state index contributed by atoms with van der Waals surface area (Å²) in [6.07, 6.45) is 29.2. The van der Waals surface area contributed by atoms with Crippen LogP contribution in [0.4, 0.5) is 0 Å². The molecular weight excluding hydrogens is 809 g/mol. The van der Waals surface area contributed by atoms with Crippen LogP contribution in [0, 0.1) is 0 Å². The van der Waals surface area contributed by atoms with Crippen molar-refractivity contribution in [3.05, 3.63) is 155 Å². The fourth-order valence-electron chi connectivity index (χ4n) is 8.19. The van der Waals surface area contributed by atoms with Crippen LogP contribution >= 0.6 is 0 Å². The Bertz CT molecular complexity index is 1780. The molecule has 0 spiro atoms. The molecule has 354 valence electrons. The highest BCUT2D eigenvalue weighted by atomic mass is 16.5. The molecule has 0 fully saturated rings. The molecule has 0 N–H and O–H groups in total. The summed E-state index contributed by atoms with van der Waals surface area (Å²) in [6.45, 7) is 12.0. The molecule has 4 heteroatoms. The van der Waals surface area contributed by atoms with Crippen molar-refractivity contribution in [2.75, 3.05) is 26.4 Å². The van der Waals surface area contributed by atoms with Crippen LogP contribution in [0.3, 0.4) is 0 Å². The molecule has 0 bridgehead atoms. The summed E-state index contributed by atoms with van der Waals surface area (Å²) in [5.41, 5.74) is 9.17. The lowest BCUT2D eigenvalue weighted by Gasteiger charge is -2.13. The second-order valence-corrected chi connectivity index (χ2v) is 17.9. The predicted octanol–water partition coefficient (Wildman–Crippen LogP) is 18.3. The zero-order valence-corrected chi connectivity index (χ0v) is 41.3. The Morgan fingerprint density at radius 2 is 0.485 bits per heavy atom. The SMILES string of the molecule is CCCCCCCOc1ccc(C(=Cc2ccc(C=C(c3ccc(OCCCCCCC)cc3)c3ccc(OCCCCCCC)cc3)cc2)c2ccc(OCCCCCCC)cc2)cc1. The molecule has 4 nitrogen and oxygen atoms in total. The summed E-state index contributed by atoms with van der Waals surface area (Å²) in [5, 5.41) is 0. The zero-order valence-electron chi connectivity index (χ0n) is 41.3. The average molecular weight is 891 g/mol. The molecule has 0 amide bonds. The van der Waals surface area contributed by atoms with Gasteiger partial charge in [0.1, 0.15) is 23.0 Å². The van der Waals surface area contributed by atoms with E-state index >= 15 is 0 Å². The second kappa shape index (κ2) is 31.7. The lowest BCUT2D eigenvalue weighted by molar-refractivity contribution is 0.304. The molecule has 0 aliphatic rings. The molecule has 0 aliphatic carbocycles. The monoisotopic (exact) mass is 891 g/mol. The molecule has 5 rings (SSSR count). The highest BCUT2D eigenvalue weighted by Gasteiger charge is 2.11. The third-order valence-electron chi connectivity index (χ3n) is 12.3. The standard InChI is InChI=1S/C62H82O4/c1-5-9-13-17-21-45-63-57-37-29-53(30-38-57)61(54-31-39-58(40-32-54)64-46-22-18-14-10-6-2)49-51-25-27-52(28-26-51)50-62(55-33-41-59(42-34-55)65-47-23-19-15-11-7-3)56-35-43-60(44-36-56)66-48-24-20-16-12-8-4/h25-44,49-50H,5-24,45-48H2,1-4H3. The third kappa shape index (κ3) is 19.3. The molecule has 0 radical (unpaired) electrons. The van der Waals surface area contributed by atoms with Crippen molar-refractivity contribution in [1.29, 1.82) is 0 Å². The molecule has 66 heavy (non-hydrogen) atoms. The van der Waals surface area contributed by atoms with Crippen LogP contribution in [0.1, 0.15) is 189 Å². The van der Waals surface area contributed by atoms with E-state index < -0.39 is 0 Å². The van der Waals surface area contributed by atoms with Crippen LogP contribution in [-0.2, 0) is 0 Å². The van der Waals surface area contributed by atoms with E-state index in [1.54, 1.807) is 0 Å². The topological polar surface area (TPSA) is 36.9 Å². The molecule has 0 heterocycles. The summed E-state index contributed by atoms with van der Waals surface area (Å²) in [6, 6.07) is 43.3. The predicted molar refractivity (Wildman–Crippen MR) is 283 cm³/mol. The van der Waals surface area contributed by atoms with E-state index in [1.807, 2.05) is 0 Å². The van der Waals surface area contributed by atoms with E-state index in [9.17, 15) is 0 Å². The van der Waals surface area contributed by atoms with Crippen molar-refractivity contribution in [3.8, 4) is 23.0 Å². The Balaban J connectivity index is 1.37. The third-order valence-corrected chi connectivity index (χ3v) is 12.3. The van der Waals surface area contributed by atoms with E-state index in [-0.39, 0.29) is 0 Å². The van der Waals surface area contributed by atoms with Crippen LogP contribution in [0.5, 0.6) is 23.0 Å². The Morgan fingerprint density at radius 1 is 0.273 bits per heavy atom. The van der Waals surface area contributed by atoms with Crippen molar-refractivity contribution in [2.45, 2.75) is 156 Å². The van der Waals surface area contributed by atoms with Gasteiger partial charge in [0, 0.05) is 0 Å². The van der Waals surface area contributed by atoms with Gasteiger partial charge >= 0.3 is 0 Å². The fraction of sp³-hybridized carbons (Fsp3) is 0.452. The van der Waals surface area contributed by atoms with Crippen molar-refractivity contribution in [1.82, 2.24) is 0 Å². The first-order valence-corrected chi connectivity index (χ1v) is 26.1. The maximum atomic E-state index is 6.16. The minimum absolute atomic E-state index is 0.756. The average Bonchev–Trinajstić information content (AvgIpc) is 3.36. The van der Waals surface area contributed by atoms with Crippen LogP contribution in [0.15, 0.2) is 121 Å². The van der Waals surface area contributed by atoms with Gasteiger partial charge in [-0.2, -0.15) is 0 Å². The smallest absolute Gasteiger partial charge is 0.119 e. The summed E-state index contributed by atoms with van der Waals surface area (Å²) in [7, 11) is 0. The lowest BCUT2D eigenvalue weighted by Crippen LogP contribution is -1.98. The van der Waals surface area contributed by atoms with Crippen molar-refractivity contribution >= 4 is 23.3 Å². The van der Waals surface area contributed by atoms with E-state index in [2.05, 4.69) is 161 Å². The number of unbranched alkanes of at least 4 members (excludes halogenated alkanes) is 16. The van der Waals surface area contributed by atoms with Gasteiger partial charge in [-0.1, -0.05) is 203 Å². The number of benzene rings is 5. The lowest BCUT2D eigenvalue weighted by atomic mass is 9.94. The second-order valence-electron chi connectivity index (χ2n) is 17.9. The molecule has 0 saturated carbocycles. The van der Waals surface area contributed by atoms with Gasteiger partial charge < -0.3 is 18.9 Å². The molecule has 5 aromatic rings. The first-order valence-electron chi connectivity index (χ1n) is 26.1. The first kappa shape index (κ1) is 51.8. The minimum atomic E-state index is 0.756. The van der Waals surface area contributed by atoms with Gasteiger partial charge in [0.25, 0.3) is 0 Å². The molecule has 0 saturated heterocycles. The molecular formula is C62H82O4. The van der Waals surface area contributed by atoms with Crippen LogP contribution in [0.25, 0.3) is 23.3 Å². The minimum Gasteiger partial charge on any atom is -0.494 e. The van der Waals surface area contributed by atoms with Crippen molar-refractivity contribution in [3.63, 3.8) is 0 Å². The Hall–Kier alpha value is -5.22. The van der Waals surface area contributed by atoms with Gasteiger partial charge in [0.05, 0.1) is 26.4 Å². The van der Waals surface area contributed by atoms with Gasteiger partial charge in [-0.05, 0) is 131 Å². The summed E-state index contributed by atoms with van der Waals surface area (Å²) < 4.78 is 24.6. The normalized spacial score (nSPS) is 11.0. The van der Waals surface area contributed by atoms with Gasteiger partial charge in [-0.15, -0.1) is 0 Å². The summed E-state index contributed by atoms with van der Waals surface area (Å²) >= 11 is 0. The Labute approximate surface area is 400 Å². The van der Waals surface area contributed by atoms with Crippen LogP contribution in [-0.4, -0.2) is 26.4 Å². The fourth-order valence-corrected chi connectivity index (χ4v) is 8.19. The van der Waals surface area contributed by atoms with Gasteiger partial charge in [0.15, 0.2) is 0 Å². The molecule has 0 unspecified atom stereocenters. The van der Waals surface area contributed by atoms with Crippen molar-refractivity contribution < 1.29 is 18.9 Å². The van der Waals surface area contributed by atoms with Gasteiger partial charge in [-0.3, -0.25) is 0 Å².